The van der Waals surface area contributed by atoms with Gasteiger partial charge in [0.25, 0.3) is 0 Å². The van der Waals surface area contributed by atoms with Gasteiger partial charge >= 0.3 is 5.97 Å². The van der Waals surface area contributed by atoms with E-state index in [1.807, 2.05) is 6.07 Å². The van der Waals surface area contributed by atoms with Crippen LogP contribution in [0.5, 0.6) is 11.5 Å². The average molecular weight is 279 g/mol. The van der Waals surface area contributed by atoms with Gasteiger partial charge in [-0.15, -0.1) is 0 Å². The van der Waals surface area contributed by atoms with Crippen molar-refractivity contribution in [2.45, 2.75) is 32.6 Å². The van der Waals surface area contributed by atoms with Gasteiger partial charge in [-0.2, -0.15) is 0 Å². The summed E-state index contributed by atoms with van der Waals surface area (Å²) in [6.45, 7) is 2.14. The molecule has 0 bridgehead atoms. The van der Waals surface area contributed by atoms with Gasteiger partial charge in [0.15, 0.2) is 11.5 Å². The monoisotopic (exact) mass is 279 g/mol. The predicted octanol–water partition coefficient (Wildman–Crippen LogP) is 2.30. The van der Waals surface area contributed by atoms with Gasteiger partial charge in [-0.25, -0.2) is 0 Å². The largest absolute Gasteiger partial charge is 0.493 e. The molecule has 0 fully saturated rings. The number of carbonyl (C=O) groups excluding carboxylic acids is 2. The molecule has 0 radical (unpaired) electrons. The Morgan fingerprint density at radius 3 is 2.45 bits per heavy atom. The lowest BCUT2D eigenvalue weighted by Crippen LogP contribution is -2.20. The van der Waals surface area contributed by atoms with Crippen LogP contribution in [0.25, 0.3) is 0 Å². The standard InChI is InChI=1S/C15H21NO4/c1-12(17)16-11-7-3-4-10-15(18)20-14-9-6-5-8-13(14)19-2/h5-6,8-9H,3-4,7,10-11H2,1-2H3,(H,16,17). The smallest absolute Gasteiger partial charge is 0.311 e. The molecule has 1 aromatic rings. The molecule has 0 aliphatic carbocycles. The Bertz CT molecular complexity index is 445. The van der Waals surface area contributed by atoms with Gasteiger partial charge in [0.05, 0.1) is 7.11 Å². The lowest BCUT2D eigenvalue weighted by Gasteiger charge is -2.08. The van der Waals surface area contributed by atoms with Crippen molar-refractivity contribution >= 4 is 11.9 Å². The third-order valence-electron chi connectivity index (χ3n) is 2.72. The van der Waals surface area contributed by atoms with Gasteiger partial charge in [0.1, 0.15) is 0 Å². The highest BCUT2D eigenvalue weighted by molar-refractivity contribution is 5.73. The van der Waals surface area contributed by atoms with Crippen molar-refractivity contribution in [1.82, 2.24) is 5.32 Å². The first kappa shape index (κ1) is 16.0. The zero-order valence-corrected chi connectivity index (χ0v) is 12.0. The number of para-hydroxylation sites is 2. The molecule has 0 aromatic heterocycles. The Labute approximate surface area is 119 Å². The molecule has 20 heavy (non-hydrogen) atoms. The summed E-state index contributed by atoms with van der Waals surface area (Å²) in [5, 5.41) is 2.72. The van der Waals surface area contributed by atoms with Crippen LogP contribution in [0, 0.1) is 0 Å². The van der Waals surface area contributed by atoms with Crippen LogP contribution in [0.4, 0.5) is 0 Å². The van der Waals surface area contributed by atoms with Gasteiger partial charge in [-0.05, 0) is 25.0 Å². The molecule has 0 atom stereocenters. The van der Waals surface area contributed by atoms with Gasteiger partial charge in [0.2, 0.25) is 5.91 Å². The predicted molar refractivity (Wildman–Crippen MR) is 75.8 cm³/mol. The summed E-state index contributed by atoms with van der Waals surface area (Å²) in [5.74, 6) is 0.694. The van der Waals surface area contributed by atoms with Crippen molar-refractivity contribution in [1.29, 1.82) is 0 Å². The quantitative estimate of drug-likeness (QED) is 0.450. The summed E-state index contributed by atoms with van der Waals surface area (Å²) in [6, 6.07) is 7.06. The van der Waals surface area contributed by atoms with Crippen molar-refractivity contribution in [3.63, 3.8) is 0 Å². The fourth-order valence-electron chi connectivity index (χ4n) is 1.71. The van der Waals surface area contributed by atoms with Crippen LogP contribution in [0.2, 0.25) is 0 Å². The zero-order chi connectivity index (χ0) is 14.8. The third kappa shape index (κ3) is 6.22. The van der Waals surface area contributed by atoms with Crippen molar-refractivity contribution in [3.8, 4) is 11.5 Å². The molecule has 0 saturated carbocycles. The van der Waals surface area contributed by atoms with Crippen LogP contribution in [0.1, 0.15) is 32.6 Å². The number of unbranched alkanes of at least 4 members (excludes halogenated alkanes) is 2. The van der Waals surface area contributed by atoms with E-state index in [-0.39, 0.29) is 11.9 Å². The topological polar surface area (TPSA) is 64.6 Å². The first-order chi connectivity index (χ1) is 9.63. The first-order valence-electron chi connectivity index (χ1n) is 6.71. The molecule has 1 aromatic carbocycles. The second kappa shape index (κ2) is 8.96. The van der Waals surface area contributed by atoms with Crippen molar-refractivity contribution in [2.24, 2.45) is 0 Å². The highest BCUT2D eigenvalue weighted by atomic mass is 16.6. The molecule has 1 rings (SSSR count). The van der Waals surface area contributed by atoms with Crippen molar-refractivity contribution in [3.05, 3.63) is 24.3 Å². The minimum Gasteiger partial charge on any atom is -0.493 e. The Morgan fingerprint density at radius 1 is 1.10 bits per heavy atom. The molecule has 1 amide bonds. The molecule has 0 unspecified atom stereocenters. The van der Waals surface area contributed by atoms with E-state index in [0.717, 1.165) is 19.3 Å². The van der Waals surface area contributed by atoms with Crippen LogP contribution in [0.3, 0.4) is 0 Å². The molecule has 5 nitrogen and oxygen atoms in total. The number of nitrogens with one attached hydrogen (secondary N) is 1. The van der Waals surface area contributed by atoms with E-state index in [2.05, 4.69) is 5.32 Å². The van der Waals surface area contributed by atoms with Crippen LogP contribution in [-0.2, 0) is 9.59 Å². The molecule has 110 valence electrons. The van der Waals surface area contributed by atoms with Gasteiger partial charge < -0.3 is 14.8 Å². The maximum Gasteiger partial charge on any atom is 0.311 e. The second-order valence-electron chi connectivity index (χ2n) is 4.42. The van der Waals surface area contributed by atoms with Crippen LogP contribution in [0.15, 0.2) is 24.3 Å². The number of carbonyl (C=O) groups is 2. The summed E-state index contributed by atoms with van der Waals surface area (Å²) in [4.78, 5) is 22.3. The maximum absolute atomic E-state index is 11.7. The molecule has 0 aliphatic rings. The van der Waals surface area contributed by atoms with Crippen LogP contribution in [-0.4, -0.2) is 25.5 Å². The Kier molecular flexibility index (Phi) is 7.17. The molecule has 0 spiro atoms. The molecular formula is C15H21NO4. The first-order valence-corrected chi connectivity index (χ1v) is 6.71. The number of benzene rings is 1. The fourth-order valence-corrected chi connectivity index (χ4v) is 1.71. The van der Waals surface area contributed by atoms with E-state index in [1.165, 1.54) is 14.0 Å². The lowest BCUT2D eigenvalue weighted by atomic mass is 10.2. The van der Waals surface area contributed by atoms with Gasteiger partial charge in [0, 0.05) is 19.9 Å². The van der Waals surface area contributed by atoms with Gasteiger partial charge in [-0.1, -0.05) is 18.6 Å². The van der Waals surface area contributed by atoms with Gasteiger partial charge in [-0.3, -0.25) is 9.59 Å². The third-order valence-corrected chi connectivity index (χ3v) is 2.72. The molecule has 0 heterocycles. The molecule has 5 heteroatoms. The summed E-state index contributed by atoms with van der Waals surface area (Å²) in [5.41, 5.74) is 0. The molecule has 1 N–H and O–H groups in total. The summed E-state index contributed by atoms with van der Waals surface area (Å²) in [7, 11) is 1.54. The summed E-state index contributed by atoms with van der Waals surface area (Å²) < 4.78 is 10.4. The SMILES string of the molecule is COc1ccccc1OC(=O)CCCCCNC(C)=O. The highest BCUT2D eigenvalue weighted by Gasteiger charge is 2.08. The van der Waals surface area contributed by atoms with E-state index in [0.29, 0.717) is 24.5 Å². The molecular weight excluding hydrogens is 258 g/mol. The molecule has 0 aliphatic heterocycles. The number of hydrogen-bond donors (Lipinski definition) is 1. The Hall–Kier alpha value is -2.04. The minimum absolute atomic E-state index is 0.0272. The van der Waals surface area contributed by atoms with Crippen LogP contribution < -0.4 is 14.8 Å². The number of hydrogen-bond acceptors (Lipinski definition) is 4. The summed E-state index contributed by atoms with van der Waals surface area (Å²) in [6.07, 6.45) is 2.84. The van der Waals surface area contributed by atoms with Crippen molar-refractivity contribution < 1.29 is 19.1 Å². The maximum atomic E-state index is 11.7. The van der Waals surface area contributed by atoms with E-state index in [4.69, 9.17) is 9.47 Å². The minimum atomic E-state index is -0.269. The van der Waals surface area contributed by atoms with Crippen LogP contribution >= 0.6 is 0 Å². The number of rotatable bonds is 8. The average Bonchev–Trinajstić information content (AvgIpc) is 2.43. The van der Waals surface area contributed by atoms with E-state index in [9.17, 15) is 9.59 Å². The van der Waals surface area contributed by atoms with Crippen molar-refractivity contribution in [2.75, 3.05) is 13.7 Å². The van der Waals surface area contributed by atoms with E-state index < -0.39 is 0 Å². The number of amides is 1. The summed E-state index contributed by atoms with van der Waals surface area (Å²) >= 11 is 0. The second-order valence-corrected chi connectivity index (χ2v) is 4.42. The number of methoxy groups -OCH3 is 1. The van der Waals surface area contributed by atoms with E-state index >= 15 is 0 Å². The zero-order valence-electron chi connectivity index (χ0n) is 12.0. The Morgan fingerprint density at radius 2 is 1.80 bits per heavy atom. The highest BCUT2D eigenvalue weighted by Crippen LogP contribution is 2.26. The number of esters is 1. The Balaban J connectivity index is 2.22. The normalized spacial score (nSPS) is 9.90. The fraction of sp³-hybridized carbons (Fsp3) is 0.467. The molecule has 0 saturated heterocycles. The van der Waals surface area contributed by atoms with E-state index in [1.54, 1.807) is 18.2 Å². The number of ether oxygens (including phenoxy) is 2. The lowest BCUT2D eigenvalue weighted by molar-refractivity contribution is -0.134.